The van der Waals surface area contributed by atoms with Crippen LogP contribution in [0.3, 0.4) is 0 Å². The number of methoxy groups -OCH3 is 1. The van der Waals surface area contributed by atoms with Crippen LogP contribution in [0.2, 0.25) is 0 Å². The van der Waals surface area contributed by atoms with Crippen molar-refractivity contribution in [3.05, 3.63) is 101 Å². The number of H-pyrrole nitrogens is 1. The van der Waals surface area contributed by atoms with Gasteiger partial charge in [0.1, 0.15) is 5.75 Å². The molecule has 1 unspecified atom stereocenters. The predicted molar refractivity (Wildman–Crippen MR) is 121 cm³/mol. The molecule has 4 nitrogen and oxygen atoms in total. The van der Waals surface area contributed by atoms with Gasteiger partial charge >= 0.3 is 0 Å². The molecule has 0 aliphatic heterocycles. The predicted octanol–water partition coefficient (Wildman–Crippen LogP) is 5.36. The van der Waals surface area contributed by atoms with E-state index in [4.69, 9.17) is 4.74 Å². The largest absolute Gasteiger partial charge is 0.497 e. The first-order valence-corrected chi connectivity index (χ1v) is 10.1. The van der Waals surface area contributed by atoms with Crippen molar-refractivity contribution in [2.75, 3.05) is 13.7 Å². The van der Waals surface area contributed by atoms with Gasteiger partial charge in [0.05, 0.1) is 7.11 Å². The second kappa shape index (κ2) is 8.46. The summed E-state index contributed by atoms with van der Waals surface area (Å²) in [5.41, 5.74) is 6.23. The van der Waals surface area contributed by atoms with Crippen molar-refractivity contribution in [1.29, 1.82) is 0 Å². The molecule has 1 heterocycles. The van der Waals surface area contributed by atoms with E-state index in [9.17, 15) is 4.79 Å². The fraction of sp³-hybridized carbons (Fsp3) is 0.192. The van der Waals surface area contributed by atoms with Crippen LogP contribution in [-0.2, 0) is 0 Å². The van der Waals surface area contributed by atoms with Crippen LogP contribution in [0.1, 0.15) is 38.5 Å². The Kier molecular flexibility index (Phi) is 5.57. The van der Waals surface area contributed by atoms with E-state index >= 15 is 0 Å². The molecule has 4 aromatic rings. The number of carbonyl (C=O) groups excluding carboxylic acids is 1. The van der Waals surface area contributed by atoms with Gasteiger partial charge in [-0.25, -0.2) is 0 Å². The molecule has 0 radical (unpaired) electrons. The van der Waals surface area contributed by atoms with E-state index in [1.165, 1.54) is 5.39 Å². The van der Waals surface area contributed by atoms with Crippen LogP contribution in [-0.4, -0.2) is 24.5 Å². The number of rotatable bonds is 6. The molecular formula is C26H26N2O2. The first kappa shape index (κ1) is 19.8. The van der Waals surface area contributed by atoms with E-state index in [0.29, 0.717) is 12.1 Å². The van der Waals surface area contributed by atoms with E-state index in [0.717, 1.165) is 33.5 Å². The number of aromatic nitrogens is 1. The maximum absolute atomic E-state index is 12.9. The van der Waals surface area contributed by atoms with Crippen LogP contribution in [0.4, 0.5) is 0 Å². The molecular weight excluding hydrogens is 372 g/mol. The Bertz CT molecular complexity index is 1180. The van der Waals surface area contributed by atoms with Crippen molar-refractivity contribution in [3.8, 4) is 5.75 Å². The number of amides is 1. The Morgan fingerprint density at radius 1 is 1.03 bits per heavy atom. The maximum atomic E-state index is 12.9. The van der Waals surface area contributed by atoms with Gasteiger partial charge in [0.25, 0.3) is 5.91 Å². The molecule has 2 N–H and O–H groups in total. The molecule has 1 aromatic heterocycles. The van der Waals surface area contributed by atoms with Crippen LogP contribution in [0, 0.1) is 13.8 Å². The van der Waals surface area contributed by atoms with Gasteiger partial charge in [-0.15, -0.1) is 0 Å². The van der Waals surface area contributed by atoms with E-state index in [1.807, 2.05) is 62.5 Å². The standard InChI is InChI=1S/C26H26N2O2/c1-17-8-13-21(18(2)14-17)26(29)28-15-23(19-9-11-20(30-3)12-10-19)24-16-27-25-7-5-4-6-22(24)25/h4-14,16,23,27H,15H2,1-3H3,(H,28,29). The van der Waals surface area contributed by atoms with Crippen molar-refractivity contribution in [2.24, 2.45) is 0 Å². The molecule has 0 bridgehead atoms. The Balaban J connectivity index is 1.65. The number of para-hydroxylation sites is 1. The smallest absolute Gasteiger partial charge is 0.251 e. The quantitative estimate of drug-likeness (QED) is 0.460. The van der Waals surface area contributed by atoms with Crippen molar-refractivity contribution in [1.82, 2.24) is 10.3 Å². The van der Waals surface area contributed by atoms with Crippen LogP contribution in [0.25, 0.3) is 10.9 Å². The minimum absolute atomic E-state index is 0.0155. The molecule has 1 amide bonds. The van der Waals surface area contributed by atoms with E-state index in [-0.39, 0.29) is 11.8 Å². The summed E-state index contributed by atoms with van der Waals surface area (Å²) in [4.78, 5) is 16.3. The first-order chi connectivity index (χ1) is 14.6. The summed E-state index contributed by atoms with van der Waals surface area (Å²) in [7, 11) is 1.66. The molecule has 0 saturated heterocycles. The second-order valence-electron chi connectivity index (χ2n) is 7.64. The molecule has 0 aliphatic carbocycles. The average molecular weight is 399 g/mol. The highest BCUT2D eigenvalue weighted by molar-refractivity contribution is 5.95. The minimum atomic E-state index is -0.0501. The topological polar surface area (TPSA) is 54.1 Å². The molecule has 0 fully saturated rings. The highest BCUT2D eigenvalue weighted by atomic mass is 16.5. The van der Waals surface area contributed by atoms with E-state index < -0.39 is 0 Å². The summed E-state index contributed by atoms with van der Waals surface area (Å²) in [6.45, 7) is 4.51. The van der Waals surface area contributed by atoms with E-state index in [2.05, 4.69) is 34.6 Å². The number of benzene rings is 3. The van der Waals surface area contributed by atoms with Gasteiger partial charge in [0.2, 0.25) is 0 Å². The number of aromatic amines is 1. The Morgan fingerprint density at radius 2 is 1.80 bits per heavy atom. The zero-order valence-electron chi connectivity index (χ0n) is 17.5. The summed E-state index contributed by atoms with van der Waals surface area (Å²) in [5.74, 6) is 0.781. The van der Waals surface area contributed by atoms with Gasteiger partial charge in [0.15, 0.2) is 0 Å². The lowest BCUT2D eigenvalue weighted by Crippen LogP contribution is -2.29. The molecule has 4 rings (SSSR count). The Labute approximate surface area is 176 Å². The summed E-state index contributed by atoms with van der Waals surface area (Å²) in [5, 5.41) is 4.32. The van der Waals surface area contributed by atoms with Crippen molar-refractivity contribution >= 4 is 16.8 Å². The number of hydrogen-bond acceptors (Lipinski definition) is 2. The lowest BCUT2D eigenvalue weighted by Gasteiger charge is -2.19. The van der Waals surface area contributed by atoms with Gasteiger partial charge in [-0.05, 0) is 54.8 Å². The molecule has 4 heteroatoms. The molecule has 0 saturated carbocycles. The summed E-state index contributed by atoms with van der Waals surface area (Å²) >= 11 is 0. The highest BCUT2D eigenvalue weighted by Gasteiger charge is 2.20. The van der Waals surface area contributed by atoms with Crippen LogP contribution < -0.4 is 10.1 Å². The third-order valence-corrected chi connectivity index (χ3v) is 5.61. The van der Waals surface area contributed by atoms with Gasteiger partial charge in [-0.3, -0.25) is 4.79 Å². The number of nitrogens with one attached hydrogen (secondary N) is 2. The van der Waals surface area contributed by atoms with Crippen molar-refractivity contribution in [2.45, 2.75) is 19.8 Å². The lowest BCUT2D eigenvalue weighted by molar-refractivity contribution is 0.0952. The van der Waals surface area contributed by atoms with Crippen LogP contribution in [0.5, 0.6) is 5.75 Å². The number of aryl methyl sites for hydroxylation is 2. The molecule has 0 spiro atoms. The molecule has 3 aromatic carbocycles. The second-order valence-corrected chi connectivity index (χ2v) is 7.64. The monoisotopic (exact) mass is 398 g/mol. The lowest BCUT2D eigenvalue weighted by atomic mass is 9.90. The number of ether oxygens (including phenoxy) is 1. The van der Waals surface area contributed by atoms with E-state index in [1.54, 1.807) is 7.11 Å². The van der Waals surface area contributed by atoms with Gasteiger partial charge < -0.3 is 15.0 Å². The number of hydrogen-bond donors (Lipinski definition) is 2. The maximum Gasteiger partial charge on any atom is 0.251 e. The Morgan fingerprint density at radius 3 is 2.53 bits per heavy atom. The third-order valence-electron chi connectivity index (χ3n) is 5.61. The van der Waals surface area contributed by atoms with Gasteiger partial charge in [0, 0.05) is 35.1 Å². The fourth-order valence-electron chi connectivity index (χ4n) is 3.98. The zero-order chi connectivity index (χ0) is 21.1. The average Bonchev–Trinajstić information content (AvgIpc) is 3.18. The summed E-state index contributed by atoms with van der Waals surface area (Å²) in [6.07, 6.45) is 2.04. The zero-order valence-corrected chi connectivity index (χ0v) is 17.5. The summed E-state index contributed by atoms with van der Waals surface area (Å²) in [6, 6.07) is 22.2. The minimum Gasteiger partial charge on any atom is -0.497 e. The SMILES string of the molecule is COc1ccc(C(CNC(=O)c2ccc(C)cc2C)c2c[nH]c3ccccc23)cc1. The molecule has 30 heavy (non-hydrogen) atoms. The van der Waals surface area contributed by atoms with Gasteiger partial charge in [-0.2, -0.15) is 0 Å². The van der Waals surface area contributed by atoms with Crippen LogP contribution in [0.15, 0.2) is 72.9 Å². The highest BCUT2D eigenvalue weighted by Crippen LogP contribution is 2.31. The molecule has 152 valence electrons. The Hall–Kier alpha value is -3.53. The third kappa shape index (κ3) is 3.94. The number of fused-ring (bicyclic) bond motifs is 1. The van der Waals surface area contributed by atoms with Crippen LogP contribution >= 0.6 is 0 Å². The van der Waals surface area contributed by atoms with Gasteiger partial charge in [-0.1, -0.05) is 48.0 Å². The molecule has 1 atom stereocenters. The normalized spacial score (nSPS) is 12.0. The van der Waals surface area contributed by atoms with Crippen molar-refractivity contribution < 1.29 is 9.53 Å². The fourth-order valence-corrected chi connectivity index (χ4v) is 3.98. The number of carbonyl (C=O) groups is 1. The molecule has 0 aliphatic rings. The first-order valence-electron chi connectivity index (χ1n) is 10.1. The van der Waals surface area contributed by atoms with Crippen molar-refractivity contribution in [3.63, 3.8) is 0 Å². The summed E-state index contributed by atoms with van der Waals surface area (Å²) < 4.78 is 5.31.